The fraction of sp³-hybridized carbons (Fsp3) is 0.417. The zero-order valence-electron chi connectivity index (χ0n) is 9.10. The molecule has 0 N–H and O–H groups in total. The molecule has 1 aromatic rings. The predicted molar refractivity (Wildman–Crippen MR) is 55.0 cm³/mol. The van der Waals surface area contributed by atoms with Gasteiger partial charge in [-0.05, 0) is 17.7 Å². The molecule has 0 aliphatic carbocycles. The molecule has 0 saturated carbocycles. The Morgan fingerprint density at radius 3 is 2.40 bits per heavy atom. The molecule has 82 valence electrons. The van der Waals surface area contributed by atoms with E-state index in [-0.39, 0.29) is 11.3 Å². The second kappa shape index (κ2) is 4.09. The summed E-state index contributed by atoms with van der Waals surface area (Å²) in [5.74, 6) is -0.901. The van der Waals surface area contributed by atoms with E-state index in [0.717, 1.165) is 6.07 Å². The van der Waals surface area contributed by atoms with Gasteiger partial charge in [0.2, 0.25) is 0 Å². The summed E-state index contributed by atoms with van der Waals surface area (Å²) in [5.41, 5.74) is -0.364. The van der Waals surface area contributed by atoms with Crippen molar-refractivity contribution in [3.8, 4) is 0 Å². The number of benzene rings is 1. The number of hydrogen-bond donors (Lipinski definition) is 0. The van der Waals surface area contributed by atoms with E-state index >= 15 is 0 Å². The summed E-state index contributed by atoms with van der Waals surface area (Å²) < 4.78 is 25.7. The minimum absolute atomic E-state index is 0.0300. The van der Waals surface area contributed by atoms with E-state index < -0.39 is 17.9 Å². The summed E-state index contributed by atoms with van der Waals surface area (Å²) in [4.78, 5) is 11.8. The molecule has 0 fully saturated rings. The number of Topliss-reactive ketones (excluding diaryl/α,β-unsaturated/α-hetero) is 1. The number of carbonyl (C=O) groups excluding carboxylic acids is 1. The zero-order chi connectivity index (χ0) is 11.6. The van der Waals surface area contributed by atoms with E-state index in [0.29, 0.717) is 5.56 Å². The van der Waals surface area contributed by atoms with Crippen LogP contribution in [0.1, 0.15) is 36.7 Å². The maximum atomic E-state index is 13.3. The van der Waals surface area contributed by atoms with Crippen LogP contribution in [0.5, 0.6) is 0 Å². The van der Waals surface area contributed by atoms with Crippen molar-refractivity contribution in [1.29, 1.82) is 0 Å². The van der Waals surface area contributed by atoms with Crippen molar-refractivity contribution in [3.05, 3.63) is 35.1 Å². The van der Waals surface area contributed by atoms with Crippen molar-refractivity contribution >= 4 is 5.78 Å². The molecule has 0 aromatic heterocycles. The summed E-state index contributed by atoms with van der Waals surface area (Å²) in [7, 11) is 0. The monoisotopic (exact) mass is 212 g/mol. The topological polar surface area (TPSA) is 17.1 Å². The van der Waals surface area contributed by atoms with Crippen LogP contribution in [0.15, 0.2) is 18.2 Å². The fourth-order valence-corrected chi connectivity index (χ4v) is 1.23. The SMILES string of the molecule is CC(C)(C)C(=O)c1cc(CF)ccc1F. The molecular formula is C12H14F2O. The Morgan fingerprint density at radius 1 is 1.33 bits per heavy atom. The first-order valence-electron chi connectivity index (χ1n) is 4.75. The highest BCUT2D eigenvalue weighted by molar-refractivity contribution is 6.00. The lowest BCUT2D eigenvalue weighted by atomic mass is 9.86. The van der Waals surface area contributed by atoms with E-state index in [2.05, 4.69) is 0 Å². The maximum absolute atomic E-state index is 13.3. The van der Waals surface area contributed by atoms with E-state index in [4.69, 9.17) is 0 Å². The Bertz CT molecular complexity index is 378. The van der Waals surface area contributed by atoms with E-state index in [1.54, 1.807) is 20.8 Å². The minimum atomic E-state index is -0.690. The van der Waals surface area contributed by atoms with Crippen LogP contribution in [0.25, 0.3) is 0 Å². The third kappa shape index (κ3) is 2.61. The van der Waals surface area contributed by atoms with E-state index in [9.17, 15) is 13.6 Å². The third-order valence-electron chi connectivity index (χ3n) is 2.11. The molecule has 0 spiro atoms. The Labute approximate surface area is 88.1 Å². The van der Waals surface area contributed by atoms with Gasteiger partial charge in [0.25, 0.3) is 0 Å². The molecule has 0 radical (unpaired) electrons. The lowest BCUT2D eigenvalue weighted by Crippen LogP contribution is -2.21. The molecule has 0 amide bonds. The van der Waals surface area contributed by atoms with Gasteiger partial charge in [-0.15, -0.1) is 0 Å². The van der Waals surface area contributed by atoms with E-state index in [1.165, 1.54) is 12.1 Å². The average Bonchev–Trinajstić information content (AvgIpc) is 2.16. The standard InChI is InChI=1S/C12H14F2O/c1-12(2,3)11(15)9-6-8(7-13)4-5-10(9)14/h4-6H,7H2,1-3H3. The van der Waals surface area contributed by atoms with Gasteiger partial charge in [0.15, 0.2) is 5.78 Å². The van der Waals surface area contributed by atoms with Gasteiger partial charge in [0.1, 0.15) is 12.5 Å². The Balaban J connectivity index is 3.19. The lowest BCUT2D eigenvalue weighted by Gasteiger charge is -2.17. The average molecular weight is 212 g/mol. The number of hydrogen-bond acceptors (Lipinski definition) is 1. The first-order valence-corrected chi connectivity index (χ1v) is 4.75. The van der Waals surface area contributed by atoms with Crippen molar-refractivity contribution in [2.75, 3.05) is 0 Å². The van der Waals surface area contributed by atoms with Crippen LogP contribution in [-0.2, 0) is 6.67 Å². The molecule has 0 aliphatic rings. The molecule has 3 heteroatoms. The van der Waals surface area contributed by atoms with Crippen LogP contribution in [0.2, 0.25) is 0 Å². The molecule has 0 unspecified atom stereocenters. The van der Waals surface area contributed by atoms with Crippen LogP contribution in [-0.4, -0.2) is 5.78 Å². The highest BCUT2D eigenvalue weighted by Crippen LogP contribution is 2.23. The second-order valence-corrected chi connectivity index (χ2v) is 4.53. The van der Waals surface area contributed by atoms with Gasteiger partial charge in [-0.3, -0.25) is 4.79 Å². The van der Waals surface area contributed by atoms with Crippen molar-refractivity contribution in [3.63, 3.8) is 0 Å². The molecule has 1 rings (SSSR count). The normalized spacial score (nSPS) is 11.5. The maximum Gasteiger partial charge on any atom is 0.171 e. The number of alkyl halides is 1. The Hall–Kier alpha value is -1.25. The van der Waals surface area contributed by atoms with Crippen LogP contribution in [0.4, 0.5) is 8.78 Å². The van der Waals surface area contributed by atoms with Crippen molar-refractivity contribution in [2.45, 2.75) is 27.4 Å². The van der Waals surface area contributed by atoms with Gasteiger partial charge in [0.05, 0.1) is 5.56 Å². The summed E-state index contributed by atoms with van der Waals surface area (Å²) in [6.45, 7) is 4.43. The zero-order valence-corrected chi connectivity index (χ0v) is 9.10. The molecule has 0 bridgehead atoms. The first-order chi connectivity index (χ1) is 6.86. The predicted octanol–water partition coefficient (Wildman–Crippen LogP) is 3.52. The number of halogens is 2. The van der Waals surface area contributed by atoms with Gasteiger partial charge in [-0.2, -0.15) is 0 Å². The number of rotatable bonds is 2. The quantitative estimate of drug-likeness (QED) is 0.685. The van der Waals surface area contributed by atoms with Gasteiger partial charge in [-0.25, -0.2) is 8.78 Å². The molecule has 0 heterocycles. The summed E-state index contributed by atoms with van der Waals surface area (Å²) in [5, 5.41) is 0. The van der Waals surface area contributed by atoms with Gasteiger partial charge in [0, 0.05) is 5.41 Å². The third-order valence-corrected chi connectivity index (χ3v) is 2.11. The van der Waals surface area contributed by atoms with Gasteiger partial charge < -0.3 is 0 Å². The summed E-state index contributed by atoms with van der Waals surface area (Å²) in [6, 6.07) is 3.76. The van der Waals surface area contributed by atoms with Crippen LogP contribution >= 0.6 is 0 Å². The fourth-order valence-electron chi connectivity index (χ4n) is 1.23. The Kier molecular flexibility index (Phi) is 3.22. The molecule has 1 nitrogen and oxygen atoms in total. The van der Waals surface area contributed by atoms with Crippen molar-refractivity contribution in [2.24, 2.45) is 5.41 Å². The van der Waals surface area contributed by atoms with Crippen LogP contribution < -0.4 is 0 Å². The number of carbonyl (C=O) groups is 1. The summed E-state index contributed by atoms with van der Waals surface area (Å²) in [6.07, 6.45) is 0. The molecule has 0 saturated heterocycles. The molecule has 1 aromatic carbocycles. The van der Waals surface area contributed by atoms with Crippen molar-refractivity contribution in [1.82, 2.24) is 0 Å². The summed E-state index contributed by atoms with van der Waals surface area (Å²) >= 11 is 0. The van der Waals surface area contributed by atoms with Crippen LogP contribution in [0, 0.1) is 11.2 Å². The van der Waals surface area contributed by atoms with Gasteiger partial charge in [-0.1, -0.05) is 26.8 Å². The Morgan fingerprint density at radius 2 is 1.93 bits per heavy atom. The molecule has 15 heavy (non-hydrogen) atoms. The van der Waals surface area contributed by atoms with Crippen LogP contribution in [0.3, 0.4) is 0 Å². The molecule has 0 atom stereocenters. The van der Waals surface area contributed by atoms with Gasteiger partial charge >= 0.3 is 0 Å². The van der Waals surface area contributed by atoms with Crippen molar-refractivity contribution < 1.29 is 13.6 Å². The highest BCUT2D eigenvalue weighted by atomic mass is 19.1. The largest absolute Gasteiger partial charge is 0.293 e. The molecular weight excluding hydrogens is 198 g/mol. The lowest BCUT2D eigenvalue weighted by molar-refractivity contribution is 0.0854. The molecule has 0 aliphatic heterocycles. The smallest absolute Gasteiger partial charge is 0.171 e. The minimum Gasteiger partial charge on any atom is -0.293 e. The van der Waals surface area contributed by atoms with E-state index in [1.807, 2.05) is 0 Å². The number of ketones is 1. The highest BCUT2D eigenvalue weighted by Gasteiger charge is 2.25. The second-order valence-electron chi connectivity index (χ2n) is 4.53. The first kappa shape index (κ1) is 11.8.